The molecule has 19 heavy (non-hydrogen) atoms. The number of nitrogens with one attached hydrogen (secondary N) is 1. The van der Waals surface area contributed by atoms with E-state index in [9.17, 15) is 4.79 Å². The molecule has 102 valence electrons. The molecule has 0 aliphatic rings. The Kier molecular flexibility index (Phi) is 4.16. The van der Waals surface area contributed by atoms with E-state index in [2.05, 4.69) is 17.3 Å². The van der Waals surface area contributed by atoms with Crippen LogP contribution in [0, 0.1) is 13.8 Å². The topological polar surface area (TPSA) is 51.9 Å². The van der Waals surface area contributed by atoms with Crippen LogP contribution in [0.25, 0.3) is 0 Å². The van der Waals surface area contributed by atoms with E-state index >= 15 is 0 Å². The monoisotopic (exact) mass is 260 g/mol. The summed E-state index contributed by atoms with van der Waals surface area (Å²) in [7, 11) is 1.93. The highest BCUT2D eigenvalue weighted by atomic mass is 16.1. The van der Waals surface area contributed by atoms with Crippen molar-refractivity contribution in [3.63, 3.8) is 0 Å². The molecule has 2 aromatic heterocycles. The van der Waals surface area contributed by atoms with Gasteiger partial charge in [-0.25, -0.2) is 0 Å². The molecule has 0 amide bonds. The SMILES string of the molecule is CNCc1c(C)nn(CCn2ccccc2=O)c1C. The lowest BCUT2D eigenvalue weighted by molar-refractivity contribution is 0.512. The highest BCUT2D eigenvalue weighted by Gasteiger charge is 2.10. The summed E-state index contributed by atoms with van der Waals surface area (Å²) < 4.78 is 3.68. The van der Waals surface area contributed by atoms with E-state index in [0.717, 1.165) is 17.9 Å². The van der Waals surface area contributed by atoms with Crippen LogP contribution in [-0.4, -0.2) is 21.4 Å². The molecule has 0 radical (unpaired) electrons. The second-order valence-corrected chi connectivity index (χ2v) is 4.64. The second-order valence-electron chi connectivity index (χ2n) is 4.64. The zero-order chi connectivity index (χ0) is 13.8. The van der Waals surface area contributed by atoms with Crippen molar-refractivity contribution >= 4 is 0 Å². The number of hydrogen-bond acceptors (Lipinski definition) is 3. The normalized spacial score (nSPS) is 10.9. The molecule has 2 rings (SSSR count). The number of nitrogens with zero attached hydrogens (tertiary/aromatic N) is 3. The number of hydrogen-bond donors (Lipinski definition) is 1. The predicted molar refractivity (Wildman–Crippen MR) is 75.2 cm³/mol. The van der Waals surface area contributed by atoms with Gasteiger partial charge in [-0.3, -0.25) is 9.48 Å². The van der Waals surface area contributed by atoms with Gasteiger partial charge in [-0.15, -0.1) is 0 Å². The summed E-state index contributed by atoms with van der Waals surface area (Å²) in [4.78, 5) is 11.6. The first kappa shape index (κ1) is 13.5. The van der Waals surface area contributed by atoms with Gasteiger partial charge in [0.2, 0.25) is 0 Å². The smallest absolute Gasteiger partial charge is 0.250 e. The van der Waals surface area contributed by atoms with Crippen LogP contribution < -0.4 is 10.9 Å². The molecule has 0 unspecified atom stereocenters. The zero-order valence-electron chi connectivity index (χ0n) is 11.7. The van der Waals surface area contributed by atoms with Crippen molar-refractivity contribution in [3.8, 4) is 0 Å². The van der Waals surface area contributed by atoms with Gasteiger partial charge in [-0.05, 0) is 27.0 Å². The van der Waals surface area contributed by atoms with E-state index < -0.39 is 0 Å². The van der Waals surface area contributed by atoms with Crippen molar-refractivity contribution in [2.24, 2.45) is 0 Å². The van der Waals surface area contributed by atoms with Gasteiger partial charge in [-0.1, -0.05) is 6.07 Å². The Morgan fingerprint density at radius 2 is 2.05 bits per heavy atom. The summed E-state index contributed by atoms with van der Waals surface area (Å²) in [6.07, 6.45) is 1.81. The van der Waals surface area contributed by atoms with Crippen LogP contribution in [0.2, 0.25) is 0 Å². The van der Waals surface area contributed by atoms with Crippen molar-refractivity contribution in [1.29, 1.82) is 0 Å². The number of aryl methyl sites for hydroxylation is 3. The summed E-state index contributed by atoms with van der Waals surface area (Å²) in [5.41, 5.74) is 3.48. The molecule has 5 heteroatoms. The third kappa shape index (κ3) is 2.93. The summed E-state index contributed by atoms with van der Waals surface area (Å²) in [6, 6.07) is 5.20. The molecule has 1 N–H and O–H groups in total. The fraction of sp³-hybridized carbons (Fsp3) is 0.429. The van der Waals surface area contributed by atoms with Crippen LogP contribution in [0.3, 0.4) is 0 Å². The molecular formula is C14H20N4O. The lowest BCUT2D eigenvalue weighted by atomic mass is 10.2. The Labute approximate surface area is 112 Å². The summed E-state index contributed by atoms with van der Waals surface area (Å²) in [5.74, 6) is 0. The van der Waals surface area contributed by atoms with Crippen LogP contribution in [0.4, 0.5) is 0 Å². The van der Waals surface area contributed by atoms with Gasteiger partial charge in [-0.2, -0.15) is 5.10 Å². The Hall–Kier alpha value is -1.88. The van der Waals surface area contributed by atoms with Gasteiger partial charge in [0.25, 0.3) is 5.56 Å². The van der Waals surface area contributed by atoms with Crippen LogP contribution in [0.1, 0.15) is 17.0 Å². The molecule has 0 aliphatic carbocycles. The average molecular weight is 260 g/mol. The van der Waals surface area contributed by atoms with E-state index in [1.54, 1.807) is 16.7 Å². The first-order valence-corrected chi connectivity index (χ1v) is 6.46. The van der Waals surface area contributed by atoms with E-state index in [4.69, 9.17) is 0 Å². The van der Waals surface area contributed by atoms with E-state index in [1.165, 1.54) is 5.56 Å². The first-order chi connectivity index (χ1) is 9.13. The van der Waals surface area contributed by atoms with Crippen molar-refractivity contribution in [3.05, 3.63) is 51.7 Å². The second kappa shape index (κ2) is 5.84. The number of aromatic nitrogens is 3. The molecule has 0 fully saturated rings. The van der Waals surface area contributed by atoms with Crippen molar-refractivity contribution in [2.45, 2.75) is 33.5 Å². The Bertz CT molecular complexity index is 612. The molecule has 2 heterocycles. The van der Waals surface area contributed by atoms with E-state index in [1.807, 2.05) is 30.9 Å². The predicted octanol–water partition coefficient (Wildman–Crippen LogP) is 1.08. The minimum absolute atomic E-state index is 0.0273. The number of rotatable bonds is 5. The van der Waals surface area contributed by atoms with Gasteiger partial charge in [0.15, 0.2) is 0 Å². The minimum atomic E-state index is 0.0273. The Morgan fingerprint density at radius 3 is 2.74 bits per heavy atom. The maximum atomic E-state index is 11.6. The molecule has 0 aromatic carbocycles. The third-order valence-electron chi connectivity index (χ3n) is 3.34. The molecule has 5 nitrogen and oxygen atoms in total. The van der Waals surface area contributed by atoms with Gasteiger partial charge in [0.1, 0.15) is 0 Å². The standard InChI is InChI=1S/C14H20N4O/c1-11-13(10-15-3)12(2)18(16-11)9-8-17-7-5-4-6-14(17)19/h4-7,15H,8-10H2,1-3H3. The first-order valence-electron chi connectivity index (χ1n) is 6.46. The van der Waals surface area contributed by atoms with Gasteiger partial charge in [0.05, 0.1) is 12.2 Å². The Morgan fingerprint density at radius 1 is 1.26 bits per heavy atom. The highest BCUT2D eigenvalue weighted by molar-refractivity contribution is 5.24. The average Bonchev–Trinajstić information content (AvgIpc) is 2.66. The molecule has 2 aromatic rings. The van der Waals surface area contributed by atoms with Gasteiger partial charge in [0, 0.05) is 36.6 Å². The fourth-order valence-electron chi connectivity index (χ4n) is 2.23. The molecule has 0 saturated carbocycles. The van der Waals surface area contributed by atoms with Crippen molar-refractivity contribution in [1.82, 2.24) is 19.7 Å². The van der Waals surface area contributed by atoms with Gasteiger partial charge >= 0.3 is 0 Å². The lowest BCUT2D eigenvalue weighted by Crippen LogP contribution is -2.21. The van der Waals surface area contributed by atoms with Crippen LogP contribution in [-0.2, 0) is 19.6 Å². The number of pyridine rings is 1. The lowest BCUT2D eigenvalue weighted by Gasteiger charge is -2.07. The van der Waals surface area contributed by atoms with Crippen molar-refractivity contribution in [2.75, 3.05) is 7.05 Å². The largest absolute Gasteiger partial charge is 0.316 e. The molecule has 0 saturated heterocycles. The van der Waals surface area contributed by atoms with Gasteiger partial charge < -0.3 is 9.88 Å². The molecule has 0 spiro atoms. The summed E-state index contributed by atoms with van der Waals surface area (Å²) in [5, 5.41) is 7.69. The minimum Gasteiger partial charge on any atom is -0.316 e. The zero-order valence-corrected chi connectivity index (χ0v) is 11.7. The highest BCUT2D eigenvalue weighted by Crippen LogP contribution is 2.12. The van der Waals surface area contributed by atoms with E-state index in [-0.39, 0.29) is 5.56 Å². The maximum absolute atomic E-state index is 11.6. The molecule has 0 bridgehead atoms. The van der Waals surface area contributed by atoms with E-state index in [0.29, 0.717) is 13.1 Å². The Balaban J connectivity index is 2.14. The molecule has 0 atom stereocenters. The summed E-state index contributed by atoms with van der Waals surface area (Å²) >= 11 is 0. The molecular weight excluding hydrogens is 240 g/mol. The third-order valence-corrected chi connectivity index (χ3v) is 3.34. The van der Waals surface area contributed by atoms with Crippen molar-refractivity contribution < 1.29 is 0 Å². The maximum Gasteiger partial charge on any atom is 0.250 e. The molecule has 0 aliphatic heterocycles. The fourth-order valence-corrected chi connectivity index (χ4v) is 2.23. The summed E-state index contributed by atoms with van der Waals surface area (Å²) in [6.45, 7) is 6.26. The van der Waals surface area contributed by atoms with Crippen LogP contribution in [0.15, 0.2) is 29.2 Å². The quantitative estimate of drug-likeness (QED) is 0.875. The van der Waals surface area contributed by atoms with Crippen LogP contribution in [0.5, 0.6) is 0 Å². The van der Waals surface area contributed by atoms with Crippen LogP contribution >= 0.6 is 0 Å².